The number of nitrogens with zero attached hydrogens (tertiary/aromatic N) is 6. The molecule has 0 N–H and O–H groups in total. The van der Waals surface area contributed by atoms with Gasteiger partial charge in [-0.25, -0.2) is 13.9 Å². The molecule has 9 heteroatoms. The predicted molar refractivity (Wildman–Crippen MR) is 107 cm³/mol. The highest BCUT2D eigenvalue weighted by Crippen LogP contribution is 2.64. The molecular weight excluding hydrogens is 391 g/mol. The summed E-state index contributed by atoms with van der Waals surface area (Å²) in [6.45, 7) is 3.92. The van der Waals surface area contributed by atoms with E-state index in [0.29, 0.717) is 23.3 Å². The van der Waals surface area contributed by atoms with E-state index in [1.165, 1.54) is 12.1 Å². The fourth-order valence-electron chi connectivity index (χ4n) is 4.43. The first kappa shape index (κ1) is 17.1. The van der Waals surface area contributed by atoms with Gasteiger partial charge in [-0.2, -0.15) is 0 Å². The average molecular weight is 410 g/mol. The van der Waals surface area contributed by atoms with E-state index in [1.54, 1.807) is 23.5 Å². The lowest BCUT2D eigenvalue weighted by Gasteiger charge is -2.32. The maximum absolute atomic E-state index is 13.5. The van der Waals surface area contributed by atoms with Crippen LogP contribution in [-0.2, 0) is 0 Å². The number of anilines is 1. The second-order valence-electron chi connectivity index (χ2n) is 8.06. The second kappa shape index (κ2) is 6.09. The third kappa shape index (κ3) is 2.83. The van der Waals surface area contributed by atoms with Crippen LogP contribution in [0, 0.1) is 18.2 Å². The molecule has 29 heavy (non-hydrogen) atoms. The molecule has 1 aliphatic heterocycles. The third-order valence-electron chi connectivity index (χ3n) is 6.18. The van der Waals surface area contributed by atoms with Gasteiger partial charge in [0.2, 0.25) is 21.9 Å². The van der Waals surface area contributed by atoms with Crippen LogP contribution in [0.1, 0.15) is 36.8 Å². The number of aromatic nitrogens is 5. The van der Waals surface area contributed by atoms with Gasteiger partial charge in [0.1, 0.15) is 5.82 Å². The minimum Gasteiger partial charge on any atom is -0.420 e. The van der Waals surface area contributed by atoms with Crippen LogP contribution in [0.3, 0.4) is 0 Å². The van der Waals surface area contributed by atoms with Crippen molar-refractivity contribution in [3.8, 4) is 11.5 Å². The fraction of sp³-hybridized carbons (Fsp3) is 0.400. The molecule has 7 nitrogen and oxygen atoms in total. The second-order valence-corrected chi connectivity index (χ2v) is 8.99. The smallest absolute Gasteiger partial charge is 0.247 e. The molecule has 0 radical (unpaired) electrons. The average Bonchev–Trinajstić information content (AvgIpc) is 3.08. The number of imidazole rings is 1. The summed E-state index contributed by atoms with van der Waals surface area (Å²) in [5.41, 5.74) is 1.86. The zero-order valence-electron chi connectivity index (χ0n) is 15.9. The molecule has 3 aromatic heterocycles. The Hall–Kier alpha value is -2.81. The highest BCUT2D eigenvalue weighted by atomic mass is 32.1. The van der Waals surface area contributed by atoms with E-state index in [4.69, 9.17) is 4.42 Å². The standard InChI is InChI=1S/C20H19FN6OS/c1-12-11-27-18(22-12)29-19(25-27)26-7-5-20(6-8-26)10-15(20)17-24-23-16(28-17)13-3-2-4-14(21)9-13/h2-4,9,11,15H,5-8,10H2,1H3. The minimum atomic E-state index is -0.303. The minimum absolute atomic E-state index is 0.246. The Kier molecular flexibility index (Phi) is 3.59. The first-order valence-corrected chi connectivity index (χ1v) is 10.6. The predicted octanol–water partition coefficient (Wildman–Crippen LogP) is 4.06. The molecular formula is C20H19FN6OS. The number of fused-ring (bicyclic) bond motifs is 1. The monoisotopic (exact) mass is 410 g/mol. The van der Waals surface area contributed by atoms with E-state index < -0.39 is 0 Å². The molecule has 1 atom stereocenters. The molecule has 1 spiro atoms. The summed E-state index contributed by atoms with van der Waals surface area (Å²) in [6.07, 6.45) is 5.20. The van der Waals surface area contributed by atoms with Crippen molar-refractivity contribution in [1.82, 2.24) is 24.8 Å². The van der Waals surface area contributed by atoms with Gasteiger partial charge in [0.05, 0.1) is 11.9 Å². The summed E-state index contributed by atoms with van der Waals surface area (Å²) < 4.78 is 21.2. The van der Waals surface area contributed by atoms with Gasteiger partial charge in [-0.3, -0.25) is 0 Å². The van der Waals surface area contributed by atoms with E-state index in [9.17, 15) is 4.39 Å². The summed E-state index contributed by atoms with van der Waals surface area (Å²) >= 11 is 1.64. The Balaban J connectivity index is 1.15. The molecule has 4 aromatic rings. The van der Waals surface area contributed by atoms with Gasteiger partial charge in [0.15, 0.2) is 0 Å². The van der Waals surface area contributed by atoms with Crippen molar-refractivity contribution in [2.45, 2.75) is 32.1 Å². The van der Waals surface area contributed by atoms with Crippen LogP contribution in [0.4, 0.5) is 9.52 Å². The zero-order valence-corrected chi connectivity index (χ0v) is 16.7. The Morgan fingerprint density at radius 2 is 2.10 bits per heavy atom. The third-order valence-corrected chi connectivity index (χ3v) is 7.17. The lowest BCUT2D eigenvalue weighted by atomic mass is 9.91. The summed E-state index contributed by atoms with van der Waals surface area (Å²) in [7, 11) is 0. The van der Waals surface area contributed by atoms with Gasteiger partial charge in [0, 0.05) is 24.6 Å². The number of hydrogen-bond donors (Lipinski definition) is 0. The molecule has 1 aromatic carbocycles. The Bertz CT molecular complexity index is 1170. The number of aryl methyl sites for hydroxylation is 1. The molecule has 6 rings (SSSR count). The van der Waals surface area contributed by atoms with Gasteiger partial charge < -0.3 is 9.32 Å². The maximum Gasteiger partial charge on any atom is 0.247 e. The normalized spacial score (nSPS) is 20.6. The van der Waals surface area contributed by atoms with E-state index in [1.807, 2.05) is 17.6 Å². The molecule has 4 heterocycles. The van der Waals surface area contributed by atoms with Crippen molar-refractivity contribution in [3.63, 3.8) is 0 Å². The van der Waals surface area contributed by atoms with Crippen LogP contribution >= 0.6 is 11.3 Å². The van der Waals surface area contributed by atoms with Gasteiger partial charge >= 0.3 is 0 Å². The molecule has 0 amide bonds. The summed E-state index contributed by atoms with van der Waals surface area (Å²) in [5, 5.41) is 14.1. The van der Waals surface area contributed by atoms with Crippen LogP contribution in [0.15, 0.2) is 34.9 Å². The van der Waals surface area contributed by atoms with Crippen LogP contribution < -0.4 is 4.90 Å². The molecule has 2 fully saturated rings. The van der Waals surface area contributed by atoms with E-state index in [0.717, 1.165) is 48.1 Å². The van der Waals surface area contributed by atoms with Crippen molar-refractivity contribution in [2.24, 2.45) is 5.41 Å². The van der Waals surface area contributed by atoms with Crippen molar-refractivity contribution < 1.29 is 8.81 Å². The highest BCUT2D eigenvalue weighted by molar-refractivity contribution is 7.20. The number of halogens is 1. The Morgan fingerprint density at radius 1 is 1.24 bits per heavy atom. The number of benzene rings is 1. The summed E-state index contributed by atoms with van der Waals surface area (Å²) in [6, 6.07) is 6.27. The van der Waals surface area contributed by atoms with Crippen LogP contribution in [0.2, 0.25) is 0 Å². The van der Waals surface area contributed by atoms with Crippen LogP contribution in [0.5, 0.6) is 0 Å². The summed E-state index contributed by atoms with van der Waals surface area (Å²) in [4.78, 5) is 7.79. The molecule has 1 unspecified atom stereocenters. The van der Waals surface area contributed by atoms with Crippen molar-refractivity contribution >= 4 is 21.4 Å². The Labute approximate surface area is 170 Å². The summed E-state index contributed by atoms with van der Waals surface area (Å²) in [5.74, 6) is 1.07. The topological polar surface area (TPSA) is 72.3 Å². The van der Waals surface area contributed by atoms with E-state index >= 15 is 0 Å². The highest BCUT2D eigenvalue weighted by Gasteiger charge is 2.58. The van der Waals surface area contributed by atoms with E-state index in [-0.39, 0.29) is 11.2 Å². The first-order valence-electron chi connectivity index (χ1n) is 9.77. The zero-order chi connectivity index (χ0) is 19.6. The fourth-order valence-corrected chi connectivity index (χ4v) is 5.41. The molecule has 1 saturated heterocycles. The molecule has 148 valence electrons. The first-order chi connectivity index (χ1) is 14.1. The SMILES string of the molecule is Cc1cn2nc(N3CCC4(CC3)CC4c3nnc(-c4cccc(F)c4)o3)sc2n1. The maximum atomic E-state index is 13.5. The van der Waals surface area contributed by atoms with Crippen LogP contribution in [0.25, 0.3) is 16.4 Å². The lowest BCUT2D eigenvalue weighted by Crippen LogP contribution is -2.35. The number of hydrogen-bond acceptors (Lipinski definition) is 7. The quantitative estimate of drug-likeness (QED) is 0.507. The van der Waals surface area contributed by atoms with Crippen molar-refractivity contribution in [3.05, 3.63) is 47.9 Å². The molecule has 0 bridgehead atoms. The van der Waals surface area contributed by atoms with Gasteiger partial charge in [-0.1, -0.05) is 17.4 Å². The van der Waals surface area contributed by atoms with Gasteiger partial charge in [-0.15, -0.1) is 15.3 Å². The van der Waals surface area contributed by atoms with Gasteiger partial charge in [0.25, 0.3) is 0 Å². The largest absolute Gasteiger partial charge is 0.420 e. The van der Waals surface area contributed by atoms with E-state index in [2.05, 4.69) is 25.2 Å². The van der Waals surface area contributed by atoms with Gasteiger partial charge in [-0.05, 0) is 49.8 Å². The Morgan fingerprint density at radius 3 is 2.90 bits per heavy atom. The molecule has 1 aliphatic carbocycles. The van der Waals surface area contributed by atoms with Crippen molar-refractivity contribution in [1.29, 1.82) is 0 Å². The molecule has 2 aliphatic rings. The molecule has 1 saturated carbocycles. The van der Waals surface area contributed by atoms with Crippen LogP contribution in [-0.4, -0.2) is 37.9 Å². The van der Waals surface area contributed by atoms with Crippen molar-refractivity contribution in [2.75, 3.05) is 18.0 Å². The number of piperidine rings is 1. The number of rotatable bonds is 3. The lowest BCUT2D eigenvalue weighted by molar-refractivity contribution is 0.352.